The lowest BCUT2D eigenvalue weighted by Crippen LogP contribution is -2.36. The van der Waals surface area contributed by atoms with Crippen molar-refractivity contribution in [2.24, 2.45) is 13.0 Å². The van der Waals surface area contributed by atoms with E-state index in [4.69, 9.17) is 5.73 Å². The molecule has 5 heteroatoms. The highest BCUT2D eigenvalue weighted by Gasteiger charge is 2.22. The van der Waals surface area contributed by atoms with Crippen molar-refractivity contribution in [3.63, 3.8) is 0 Å². The third kappa shape index (κ3) is 2.99. The number of rotatable bonds is 4. The maximum Gasteiger partial charge on any atom is 0.259 e. The van der Waals surface area contributed by atoms with Crippen LogP contribution in [-0.2, 0) is 7.05 Å². The number of nitrogens with two attached hydrogens (primary N) is 1. The summed E-state index contributed by atoms with van der Waals surface area (Å²) in [4.78, 5) is 13.9. The molecule has 1 amide bonds. The molecule has 2 N–H and O–H groups in total. The molecule has 1 unspecified atom stereocenters. The van der Waals surface area contributed by atoms with Crippen LogP contribution in [0.1, 0.15) is 37.6 Å². The average Bonchev–Trinajstić information content (AvgIpc) is 2.57. The normalized spacial score (nSPS) is 12.8. The van der Waals surface area contributed by atoms with E-state index in [1.54, 1.807) is 11.9 Å². The number of nitrogens with zero attached hydrogens (tertiary/aromatic N) is 3. The summed E-state index contributed by atoms with van der Waals surface area (Å²) in [5, 5.41) is 3.98. The van der Waals surface area contributed by atoms with Crippen LogP contribution in [-0.4, -0.2) is 33.7 Å². The zero-order valence-electron chi connectivity index (χ0n) is 11.3. The molecule has 0 aliphatic carbocycles. The van der Waals surface area contributed by atoms with Gasteiger partial charge in [-0.2, -0.15) is 5.10 Å². The van der Waals surface area contributed by atoms with Gasteiger partial charge < -0.3 is 10.6 Å². The molecule has 5 nitrogen and oxygen atoms in total. The number of aryl methyl sites for hydroxylation is 1. The van der Waals surface area contributed by atoms with E-state index in [9.17, 15) is 4.79 Å². The van der Waals surface area contributed by atoms with Crippen LogP contribution in [0.2, 0.25) is 0 Å². The number of hydrogen-bond donors (Lipinski definition) is 1. The largest absolute Gasteiger partial charge is 0.383 e. The molecule has 1 heterocycles. The molecule has 1 rings (SSSR count). The van der Waals surface area contributed by atoms with Crippen LogP contribution in [0, 0.1) is 5.92 Å². The molecule has 0 saturated heterocycles. The van der Waals surface area contributed by atoms with E-state index in [0.717, 1.165) is 6.42 Å². The molecule has 0 fully saturated rings. The van der Waals surface area contributed by atoms with Gasteiger partial charge in [-0.3, -0.25) is 9.48 Å². The Morgan fingerprint density at radius 3 is 2.53 bits per heavy atom. The molecular weight excluding hydrogens is 216 g/mol. The number of amides is 1. The van der Waals surface area contributed by atoms with E-state index in [2.05, 4.69) is 18.9 Å². The smallest absolute Gasteiger partial charge is 0.259 e. The fraction of sp³-hybridized carbons (Fsp3) is 0.667. The SMILES string of the molecule is CC(C)CC(C)N(C)C(=O)c1cnn(C)c1N. The van der Waals surface area contributed by atoms with Crippen molar-refractivity contribution in [3.8, 4) is 0 Å². The summed E-state index contributed by atoms with van der Waals surface area (Å²) >= 11 is 0. The summed E-state index contributed by atoms with van der Waals surface area (Å²) < 4.78 is 1.51. The third-order valence-corrected chi connectivity index (χ3v) is 3.01. The van der Waals surface area contributed by atoms with Gasteiger partial charge in [0.2, 0.25) is 0 Å². The number of aromatic nitrogens is 2. The van der Waals surface area contributed by atoms with Crippen molar-refractivity contribution < 1.29 is 4.79 Å². The Labute approximate surface area is 103 Å². The highest BCUT2D eigenvalue weighted by molar-refractivity contribution is 5.98. The Morgan fingerprint density at radius 1 is 1.53 bits per heavy atom. The second kappa shape index (κ2) is 5.21. The summed E-state index contributed by atoms with van der Waals surface area (Å²) in [7, 11) is 3.53. The topological polar surface area (TPSA) is 64.2 Å². The van der Waals surface area contributed by atoms with Gasteiger partial charge in [0.25, 0.3) is 5.91 Å². The Balaban J connectivity index is 2.79. The fourth-order valence-electron chi connectivity index (χ4n) is 1.84. The number of hydrogen-bond acceptors (Lipinski definition) is 3. The summed E-state index contributed by atoms with van der Waals surface area (Å²) in [5.41, 5.74) is 6.27. The summed E-state index contributed by atoms with van der Waals surface area (Å²) in [5.74, 6) is 0.911. The molecule has 1 aromatic heterocycles. The first-order valence-electron chi connectivity index (χ1n) is 5.89. The predicted octanol–water partition coefficient (Wildman–Crippen LogP) is 1.51. The minimum Gasteiger partial charge on any atom is -0.383 e. The Hall–Kier alpha value is -1.52. The van der Waals surface area contributed by atoms with Crippen LogP contribution in [0.4, 0.5) is 5.82 Å². The molecule has 0 saturated carbocycles. The molecule has 1 atom stereocenters. The van der Waals surface area contributed by atoms with Crippen LogP contribution in [0.3, 0.4) is 0 Å². The predicted molar refractivity (Wildman–Crippen MR) is 68.6 cm³/mol. The van der Waals surface area contributed by atoms with Gasteiger partial charge in [-0.1, -0.05) is 13.8 Å². The van der Waals surface area contributed by atoms with Crippen molar-refractivity contribution in [2.75, 3.05) is 12.8 Å². The van der Waals surface area contributed by atoms with Gasteiger partial charge in [-0.05, 0) is 19.3 Å². The summed E-state index contributed by atoms with van der Waals surface area (Å²) in [6, 6.07) is 0.196. The first-order chi connectivity index (χ1) is 7.84. The van der Waals surface area contributed by atoms with E-state index in [1.165, 1.54) is 10.9 Å². The molecule has 0 aliphatic rings. The van der Waals surface area contributed by atoms with Gasteiger partial charge in [0.15, 0.2) is 0 Å². The monoisotopic (exact) mass is 238 g/mol. The molecule has 0 bridgehead atoms. The molecule has 0 radical (unpaired) electrons. The Bertz CT molecular complexity index is 397. The zero-order valence-corrected chi connectivity index (χ0v) is 11.3. The first kappa shape index (κ1) is 13.5. The van der Waals surface area contributed by atoms with E-state index >= 15 is 0 Å². The van der Waals surface area contributed by atoms with Crippen molar-refractivity contribution in [2.45, 2.75) is 33.2 Å². The van der Waals surface area contributed by atoms with Gasteiger partial charge >= 0.3 is 0 Å². The molecular formula is C12H22N4O. The number of carbonyl (C=O) groups excluding carboxylic acids is 1. The maximum absolute atomic E-state index is 12.2. The van der Waals surface area contributed by atoms with E-state index in [-0.39, 0.29) is 11.9 Å². The second-order valence-electron chi connectivity index (χ2n) is 4.96. The highest BCUT2D eigenvalue weighted by atomic mass is 16.2. The van der Waals surface area contributed by atoms with Gasteiger partial charge in [0.1, 0.15) is 11.4 Å². The third-order valence-electron chi connectivity index (χ3n) is 3.01. The lowest BCUT2D eigenvalue weighted by molar-refractivity contribution is 0.0729. The summed E-state index contributed by atoms with van der Waals surface area (Å²) in [6.45, 7) is 6.34. The van der Waals surface area contributed by atoms with E-state index in [0.29, 0.717) is 17.3 Å². The van der Waals surface area contributed by atoms with Crippen molar-refractivity contribution in [3.05, 3.63) is 11.8 Å². The van der Waals surface area contributed by atoms with Gasteiger partial charge in [-0.15, -0.1) is 0 Å². The van der Waals surface area contributed by atoms with Crippen LogP contribution >= 0.6 is 0 Å². The van der Waals surface area contributed by atoms with Crippen LogP contribution < -0.4 is 5.73 Å². The lowest BCUT2D eigenvalue weighted by atomic mass is 10.0. The zero-order chi connectivity index (χ0) is 13.2. The maximum atomic E-state index is 12.2. The molecule has 0 aromatic carbocycles. The number of carbonyl (C=O) groups is 1. The molecule has 0 spiro atoms. The van der Waals surface area contributed by atoms with Crippen LogP contribution in [0.15, 0.2) is 6.20 Å². The summed E-state index contributed by atoms with van der Waals surface area (Å²) in [6.07, 6.45) is 2.50. The quantitative estimate of drug-likeness (QED) is 0.864. The molecule has 1 aromatic rings. The average molecular weight is 238 g/mol. The van der Waals surface area contributed by atoms with Crippen molar-refractivity contribution in [1.82, 2.24) is 14.7 Å². The fourth-order valence-corrected chi connectivity index (χ4v) is 1.84. The lowest BCUT2D eigenvalue weighted by Gasteiger charge is -2.26. The Morgan fingerprint density at radius 2 is 2.12 bits per heavy atom. The number of anilines is 1. The first-order valence-corrected chi connectivity index (χ1v) is 5.89. The van der Waals surface area contributed by atoms with Gasteiger partial charge in [-0.25, -0.2) is 0 Å². The van der Waals surface area contributed by atoms with Crippen molar-refractivity contribution >= 4 is 11.7 Å². The number of nitrogen functional groups attached to an aromatic ring is 1. The van der Waals surface area contributed by atoms with E-state index in [1.807, 2.05) is 14.0 Å². The Kier molecular flexibility index (Phi) is 4.15. The molecule has 96 valence electrons. The molecule has 17 heavy (non-hydrogen) atoms. The minimum atomic E-state index is -0.0660. The van der Waals surface area contributed by atoms with Crippen molar-refractivity contribution in [1.29, 1.82) is 0 Å². The molecule has 0 aliphatic heterocycles. The van der Waals surface area contributed by atoms with E-state index < -0.39 is 0 Å². The minimum absolute atomic E-state index is 0.0660. The highest BCUT2D eigenvalue weighted by Crippen LogP contribution is 2.16. The van der Waals surface area contributed by atoms with Crippen LogP contribution in [0.25, 0.3) is 0 Å². The van der Waals surface area contributed by atoms with Gasteiger partial charge in [0, 0.05) is 20.1 Å². The van der Waals surface area contributed by atoms with Crippen LogP contribution in [0.5, 0.6) is 0 Å². The van der Waals surface area contributed by atoms with Gasteiger partial charge in [0.05, 0.1) is 6.20 Å². The standard InChI is InChI=1S/C12H22N4O/c1-8(2)6-9(3)15(4)12(17)10-7-14-16(5)11(10)13/h7-9H,6,13H2,1-5H3. The second-order valence-corrected chi connectivity index (χ2v) is 4.96.